The van der Waals surface area contributed by atoms with Gasteiger partial charge in [0, 0.05) is 18.7 Å². The summed E-state index contributed by atoms with van der Waals surface area (Å²) in [4.78, 5) is 32.9. The first-order valence-corrected chi connectivity index (χ1v) is 6.69. The topological polar surface area (TPSA) is 110 Å². The predicted octanol–water partition coefficient (Wildman–Crippen LogP) is 2.48. The van der Waals surface area contributed by atoms with Gasteiger partial charge in [0.25, 0.3) is 11.6 Å². The van der Waals surface area contributed by atoms with Gasteiger partial charge >= 0.3 is 5.97 Å². The minimum Gasteiger partial charge on any atom is -0.481 e. The lowest BCUT2D eigenvalue weighted by atomic mass is 10.0. The Bertz CT molecular complexity index is 561. The fourth-order valence-electron chi connectivity index (χ4n) is 1.77. The van der Waals surface area contributed by atoms with Crippen LogP contribution in [0.15, 0.2) is 18.2 Å². The number of hydrogen-bond acceptors (Lipinski definition) is 4. The molecule has 114 valence electrons. The van der Waals surface area contributed by atoms with Gasteiger partial charge in [-0.3, -0.25) is 19.7 Å². The average molecular weight is 315 g/mol. The Hall–Kier alpha value is -2.15. The molecule has 0 heterocycles. The van der Waals surface area contributed by atoms with E-state index in [-0.39, 0.29) is 22.8 Å². The number of halogens is 1. The summed E-state index contributed by atoms with van der Waals surface area (Å²) in [6, 6.07) is 3.49. The van der Waals surface area contributed by atoms with Crippen molar-refractivity contribution in [2.24, 2.45) is 5.92 Å². The molecule has 0 spiro atoms. The summed E-state index contributed by atoms with van der Waals surface area (Å²) in [5, 5.41) is 22.0. The summed E-state index contributed by atoms with van der Waals surface area (Å²) in [6.07, 6.45) is 1.13. The van der Waals surface area contributed by atoms with E-state index in [4.69, 9.17) is 16.7 Å². The Morgan fingerprint density at radius 3 is 2.62 bits per heavy atom. The maximum absolute atomic E-state index is 11.9. The molecule has 0 aliphatic heterocycles. The highest BCUT2D eigenvalue weighted by Crippen LogP contribution is 2.22. The van der Waals surface area contributed by atoms with Crippen LogP contribution < -0.4 is 5.32 Å². The molecule has 1 atom stereocenters. The lowest BCUT2D eigenvalue weighted by Crippen LogP contribution is -2.33. The SMILES string of the molecule is CCCC(CNC(=O)c1ccc([N+](=O)[O-])cc1Cl)C(=O)O. The van der Waals surface area contributed by atoms with Crippen LogP contribution in [0.5, 0.6) is 0 Å². The summed E-state index contributed by atoms with van der Waals surface area (Å²) < 4.78 is 0. The number of hydrogen-bond donors (Lipinski definition) is 2. The Balaban J connectivity index is 2.76. The zero-order valence-corrected chi connectivity index (χ0v) is 12.1. The van der Waals surface area contributed by atoms with Gasteiger partial charge in [0.2, 0.25) is 0 Å². The van der Waals surface area contributed by atoms with Crippen LogP contribution in [0, 0.1) is 16.0 Å². The van der Waals surface area contributed by atoms with Gasteiger partial charge in [0.05, 0.1) is 21.4 Å². The number of rotatable bonds is 7. The number of carbonyl (C=O) groups excluding carboxylic acids is 1. The monoisotopic (exact) mass is 314 g/mol. The largest absolute Gasteiger partial charge is 0.481 e. The fraction of sp³-hybridized carbons (Fsp3) is 0.385. The molecule has 2 N–H and O–H groups in total. The summed E-state index contributed by atoms with van der Waals surface area (Å²) in [6.45, 7) is 1.83. The fourth-order valence-corrected chi connectivity index (χ4v) is 2.03. The summed E-state index contributed by atoms with van der Waals surface area (Å²) >= 11 is 5.83. The van der Waals surface area contributed by atoms with E-state index in [2.05, 4.69) is 5.32 Å². The van der Waals surface area contributed by atoms with E-state index in [1.165, 1.54) is 12.1 Å². The third-order valence-electron chi connectivity index (χ3n) is 2.90. The van der Waals surface area contributed by atoms with Crippen LogP contribution in [0.1, 0.15) is 30.1 Å². The number of benzene rings is 1. The molecule has 1 rings (SSSR count). The van der Waals surface area contributed by atoms with Crippen molar-refractivity contribution in [3.8, 4) is 0 Å². The zero-order chi connectivity index (χ0) is 16.0. The van der Waals surface area contributed by atoms with Crippen molar-refractivity contribution >= 4 is 29.2 Å². The summed E-state index contributed by atoms with van der Waals surface area (Å²) in [5.74, 6) is -2.21. The quantitative estimate of drug-likeness (QED) is 0.593. The first kappa shape index (κ1) is 16.9. The minimum absolute atomic E-state index is 0.0185. The average Bonchev–Trinajstić information content (AvgIpc) is 2.42. The van der Waals surface area contributed by atoms with Gasteiger partial charge in [-0.05, 0) is 12.5 Å². The second kappa shape index (κ2) is 7.58. The van der Waals surface area contributed by atoms with Crippen LogP contribution in [0.2, 0.25) is 5.02 Å². The van der Waals surface area contributed by atoms with E-state index in [0.29, 0.717) is 12.8 Å². The van der Waals surface area contributed by atoms with Crippen LogP contribution in [0.4, 0.5) is 5.69 Å². The van der Waals surface area contributed by atoms with E-state index in [1.54, 1.807) is 0 Å². The molecular weight excluding hydrogens is 300 g/mol. The number of nitro groups is 1. The molecule has 0 saturated heterocycles. The van der Waals surface area contributed by atoms with Crippen molar-refractivity contribution in [1.29, 1.82) is 0 Å². The maximum Gasteiger partial charge on any atom is 0.308 e. The Morgan fingerprint density at radius 2 is 2.14 bits per heavy atom. The first-order valence-electron chi connectivity index (χ1n) is 6.31. The van der Waals surface area contributed by atoms with Crippen LogP contribution >= 0.6 is 11.6 Å². The standard InChI is InChI=1S/C13H15ClN2O5/c1-2-3-8(13(18)19)7-15-12(17)10-5-4-9(16(20)21)6-11(10)14/h4-6,8H,2-3,7H2,1H3,(H,15,17)(H,18,19). The Morgan fingerprint density at radius 1 is 1.48 bits per heavy atom. The molecule has 0 saturated carbocycles. The number of amides is 1. The molecule has 7 nitrogen and oxygen atoms in total. The van der Waals surface area contributed by atoms with Crippen molar-refractivity contribution in [2.45, 2.75) is 19.8 Å². The van der Waals surface area contributed by atoms with E-state index in [1.807, 2.05) is 6.92 Å². The normalized spacial score (nSPS) is 11.7. The molecule has 1 amide bonds. The summed E-state index contributed by atoms with van der Waals surface area (Å²) in [7, 11) is 0. The van der Waals surface area contributed by atoms with Crippen molar-refractivity contribution in [2.75, 3.05) is 6.54 Å². The molecule has 0 bridgehead atoms. The number of aliphatic carboxylic acids is 1. The third kappa shape index (κ3) is 4.71. The molecule has 0 radical (unpaired) electrons. The molecule has 1 aromatic rings. The number of nitro benzene ring substituents is 1. The Kier molecular flexibility index (Phi) is 6.10. The van der Waals surface area contributed by atoms with Gasteiger partial charge in [0.1, 0.15) is 0 Å². The molecule has 8 heteroatoms. The minimum atomic E-state index is -0.980. The Labute approximate surface area is 126 Å². The van der Waals surface area contributed by atoms with Crippen molar-refractivity contribution < 1.29 is 19.6 Å². The number of carbonyl (C=O) groups is 2. The van der Waals surface area contributed by atoms with E-state index >= 15 is 0 Å². The van der Waals surface area contributed by atoms with E-state index in [9.17, 15) is 19.7 Å². The molecule has 0 fully saturated rings. The van der Waals surface area contributed by atoms with E-state index in [0.717, 1.165) is 6.07 Å². The lowest BCUT2D eigenvalue weighted by Gasteiger charge is -2.12. The number of nitrogens with one attached hydrogen (secondary N) is 1. The maximum atomic E-state index is 11.9. The van der Waals surface area contributed by atoms with Gasteiger partial charge in [-0.2, -0.15) is 0 Å². The highest BCUT2D eigenvalue weighted by Gasteiger charge is 2.19. The highest BCUT2D eigenvalue weighted by atomic mass is 35.5. The number of nitrogens with zero attached hydrogens (tertiary/aromatic N) is 1. The third-order valence-corrected chi connectivity index (χ3v) is 3.22. The number of carboxylic acid groups (broad SMARTS) is 1. The molecule has 0 aromatic heterocycles. The van der Waals surface area contributed by atoms with E-state index < -0.39 is 22.7 Å². The second-order valence-electron chi connectivity index (χ2n) is 4.46. The molecule has 1 aromatic carbocycles. The van der Waals surface area contributed by atoms with Gasteiger partial charge < -0.3 is 10.4 Å². The van der Waals surface area contributed by atoms with Crippen molar-refractivity contribution in [1.82, 2.24) is 5.32 Å². The molecular formula is C13H15ClN2O5. The second-order valence-corrected chi connectivity index (χ2v) is 4.86. The lowest BCUT2D eigenvalue weighted by molar-refractivity contribution is -0.384. The number of carboxylic acids is 1. The van der Waals surface area contributed by atoms with Crippen molar-refractivity contribution in [3.63, 3.8) is 0 Å². The first-order chi connectivity index (χ1) is 9.86. The van der Waals surface area contributed by atoms with Crippen LogP contribution in [0.3, 0.4) is 0 Å². The van der Waals surface area contributed by atoms with Crippen LogP contribution in [0.25, 0.3) is 0 Å². The zero-order valence-electron chi connectivity index (χ0n) is 11.3. The van der Waals surface area contributed by atoms with Crippen LogP contribution in [-0.2, 0) is 4.79 Å². The van der Waals surface area contributed by atoms with Gasteiger partial charge in [0.15, 0.2) is 0 Å². The molecule has 0 aliphatic rings. The van der Waals surface area contributed by atoms with Gasteiger partial charge in [-0.25, -0.2) is 0 Å². The van der Waals surface area contributed by atoms with Gasteiger partial charge in [-0.15, -0.1) is 0 Å². The number of non-ortho nitro benzene ring substituents is 1. The summed E-state index contributed by atoms with van der Waals surface area (Å²) in [5.41, 5.74) is -0.145. The highest BCUT2D eigenvalue weighted by molar-refractivity contribution is 6.34. The molecule has 1 unspecified atom stereocenters. The molecule has 0 aliphatic carbocycles. The predicted molar refractivity (Wildman–Crippen MR) is 76.5 cm³/mol. The smallest absolute Gasteiger partial charge is 0.308 e. The molecule has 21 heavy (non-hydrogen) atoms. The van der Waals surface area contributed by atoms with Gasteiger partial charge in [-0.1, -0.05) is 24.9 Å². The van der Waals surface area contributed by atoms with Crippen molar-refractivity contribution in [3.05, 3.63) is 38.9 Å². The van der Waals surface area contributed by atoms with Crippen LogP contribution in [-0.4, -0.2) is 28.5 Å².